The predicted molar refractivity (Wildman–Crippen MR) is 58.1 cm³/mol. The lowest BCUT2D eigenvalue weighted by atomic mass is 9.94. The molecular weight excluding hydrogens is 174 g/mol. The Morgan fingerprint density at radius 2 is 1.71 bits per heavy atom. The molecule has 2 aliphatic rings. The molecule has 4 atom stereocenters. The standard InChI is InChI=1S/C12H23NO/c1-8(2)13-11-5-3-9-7-10(9)4-6-12(11)14/h8-14H,3-7H2,1-2H3/t9-,10-,11-,12+/m1/s1. The average molecular weight is 197 g/mol. The maximum Gasteiger partial charge on any atom is 0.0693 e. The van der Waals surface area contributed by atoms with Gasteiger partial charge in [0.15, 0.2) is 0 Å². The Balaban J connectivity index is 1.86. The van der Waals surface area contributed by atoms with Gasteiger partial charge in [0.1, 0.15) is 0 Å². The summed E-state index contributed by atoms with van der Waals surface area (Å²) < 4.78 is 0. The first-order chi connectivity index (χ1) is 6.66. The normalized spacial score (nSPS) is 42.9. The molecule has 2 fully saturated rings. The highest BCUT2D eigenvalue weighted by molar-refractivity contribution is 4.92. The lowest BCUT2D eigenvalue weighted by Gasteiger charge is -2.28. The Morgan fingerprint density at radius 3 is 2.36 bits per heavy atom. The fraction of sp³-hybridized carbons (Fsp3) is 1.00. The molecule has 2 heteroatoms. The third-order valence-corrected chi connectivity index (χ3v) is 3.76. The number of aliphatic hydroxyl groups excluding tert-OH is 1. The van der Waals surface area contributed by atoms with Gasteiger partial charge in [0.05, 0.1) is 6.10 Å². The Kier molecular flexibility index (Phi) is 3.13. The fourth-order valence-corrected chi connectivity index (χ4v) is 2.81. The van der Waals surface area contributed by atoms with Crippen molar-refractivity contribution >= 4 is 0 Å². The van der Waals surface area contributed by atoms with Crippen molar-refractivity contribution in [2.45, 2.75) is 64.1 Å². The second-order valence-corrected chi connectivity index (χ2v) is 5.41. The van der Waals surface area contributed by atoms with E-state index in [-0.39, 0.29) is 6.10 Å². The van der Waals surface area contributed by atoms with Crippen molar-refractivity contribution in [3.8, 4) is 0 Å². The summed E-state index contributed by atoms with van der Waals surface area (Å²) in [4.78, 5) is 0. The maximum atomic E-state index is 10.00. The highest BCUT2D eigenvalue weighted by Crippen LogP contribution is 2.47. The topological polar surface area (TPSA) is 32.3 Å². The van der Waals surface area contributed by atoms with Gasteiger partial charge in [-0.25, -0.2) is 0 Å². The fourth-order valence-electron chi connectivity index (χ4n) is 2.81. The summed E-state index contributed by atoms with van der Waals surface area (Å²) in [5.41, 5.74) is 0. The number of rotatable bonds is 2. The third-order valence-electron chi connectivity index (χ3n) is 3.76. The van der Waals surface area contributed by atoms with E-state index in [0.29, 0.717) is 12.1 Å². The molecular formula is C12H23NO. The van der Waals surface area contributed by atoms with Gasteiger partial charge in [0.25, 0.3) is 0 Å². The SMILES string of the molecule is CC(C)N[C@@H]1CC[C@@H]2C[C@H]2CC[C@@H]1O. The van der Waals surface area contributed by atoms with Crippen LogP contribution in [0.2, 0.25) is 0 Å². The van der Waals surface area contributed by atoms with Crippen LogP contribution in [0.5, 0.6) is 0 Å². The van der Waals surface area contributed by atoms with Gasteiger partial charge in [0, 0.05) is 12.1 Å². The van der Waals surface area contributed by atoms with E-state index in [1.54, 1.807) is 0 Å². The van der Waals surface area contributed by atoms with Gasteiger partial charge >= 0.3 is 0 Å². The number of nitrogens with one attached hydrogen (secondary N) is 1. The molecule has 2 nitrogen and oxygen atoms in total. The Bertz CT molecular complexity index is 193. The minimum absolute atomic E-state index is 0.112. The molecule has 0 radical (unpaired) electrons. The van der Waals surface area contributed by atoms with Gasteiger partial charge in [0.2, 0.25) is 0 Å². The van der Waals surface area contributed by atoms with Gasteiger partial charge in [-0.05, 0) is 43.9 Å². The molecule has 0 saturated heterocycles. The molecule has 2 saturated carbocycles. The lowest BCUT2D eigenvalue weighted by Crippen LogP contribution is -2.44. The van der Waals surface area contributed by atoms with E-state index >= 15 is 0 Å². The van der Waals surface area contributed by atoms with E-state index in [9.17, 15) is 5.11 Å². The van der Waals surface area contributed by atoms with E-state index in [2.05, 4.69) is 19.2 Å². The first-order valence-corrected chi connectivity index (χ1v) is 6.11. The summed E-state index contributed by atoms with van der Waals surface area (Å²) in [7, 11) is 0. The van der Waals surface area contributed by atoms with Crippen LogP contribution >= 0.6 is 0 Å². The number of fused-ring (bicyclic) bond motifs is 1. The van der Waals surface area contributed by atoms with Crippen LogP contribution < -0.4 is 5.32 Å². The minimum Gasteiger partial charge on any atom is -0.392 e. The van der Waals surface area contributed by atoms with Crippen LogP contribution in [-0.2, 0) is 0 Å². The molecule has 0 heterocycles. The van der Waals surface area contributed by atoms with Crippen LogP contribution in [0.4, 0.5) is 0 Å². The van der Waals surface area contributed by atoms with Crippen LogP contribution in [0.1, 0.15) is 46.0 Å². The quantitative estimate of drug-likeness (QED) is 0.709. The minimum atomic E-state index is -0.112. The van der Waals surface area contributed by atoms with Crippen molar-refractivity contribution in [1.29, 1.82) is 0 Å². The number of aliphatic hydroxyl groups is 1. The van der Waals surface area contributed by atoms with Gasteiger partial charge in [-0.15, -0.1) is 0 Å². The van der Waals surface area contributed by atoms with E-state index < -0.39 is 0 Å². The predicted octanol–water partition coefficient (Wildman–Crippen LogP) is 1.92. The number of hydrogen-bond acceptors (Lipinski definition) is 2. The van der Waals surface area contributed by atoms with E-state index in [1.165, 1.54) is 25.7 Å². The third kappa shape index (κ3) is 2.48. The van der Waals surface area contributed by atoms with Crippen molar-refractivity contribution in [3.63, 3.8) is 0 Å². The summed E-state index contributed by atoms with van der Waals surface area (Å²) >= 11 is 0. The van der Waals surface area contributed by atoms with E-state index in [0.717, 1.165) is 18.3 Å². The van der Waals surface area contributed by atoms with Crippen molar-refractivity contribution in [1.82, 2.24) is 5.32 Å². The van der Waals surface area contributed by atoms with Crippen molar-refractivity contribution in [2.75, 3.05) is 0 Å². The summed E-state index contributed by atoms with van der Waals surface area (Å²) in [5, 5.41) is 13.5. The summed E-state index contributed by atoms with van der Waals surface area (Å²) in [5.74, 6) is 1.96. The molecule has 0 spiro atoms. The average Bonchev–Trinajstić information content (AvgIpc) is 2.84. The van der Waals surface area contributed by atoms with Crippen LogP contribution in [-0.4, -0.2) is 23.3 Å². The number of hydrogen-bond donors (Lipinski definition) is 2. The zero-order chi connectivity index (χ0) is 10.1. The van der Waals surface area contributed by atoms with Gasteiger partial charge in [-0.3, -0.25) is 0 Å². The Hall–Kier alpha value is -0.0800. The first-order valence-electron chi connectivity index (χ1n) is 6.11. The molecule has 0 aromatic heterocycles. The van der Waals surface area contributed by atoms with Crippen LogP contribution in [0.3, 0.4) is 0 Å². The summed E-state index contributed by atoms with van der Waals surface area (Å²) in [6.07, 6.45) is 6.07. The molecule has 0 aliphatic heterocycles. The highest BCUT2D eigenvalue weighted by atomic mass is 16.3. The molecule has 2 N–H and O–H groups in total. The lowest BCUT2D eigenvalue weighted by molar-refractivity contribution is 0.0982. The molecule has 0 aromatic carbocycles. The van der Waals surface area contributed by atoms with Crippen molar-refractivity contribution < 1.29 is 5.11 Å². The zero-order valence-corrected chi connectivity index (χ0v) is 9.37. The van der Waals surface area contributed by atoms with E-state index in [1.807, 2.05) is 0 Å². The monoisotopic (exact) mass is 197 g/mol. The van der Waals surface area contributed by atoms with Crippen molar-refractivity contribution in [2.24, 2.45) is 11.8 Å². The molecule has 2 rings (SSSR count). The molecule has 14 heavy (non-hydrogen) atoms. The van der Waals surface area contributed by atoms with Crippen LogP contribution in [0, 0.1) is 11.8 Å². The van der Waals surface area contributed by atoms with Gasteiger partial charge in [-0.1, -0.05) is 13.8 Å². The smallest absolute Gasteiger partial charge is 0.0693 e. The van der Waals surface area contributed by atoms with Crippen LogP contribution in [0.25, 0.3) is 0 Å². The van der Waals surface area contributed by atoms with Gasteiger partial charge in [-0.2, -0.15) is 0 Å². The maximum absolute atomic E-state index is 10.00. The molecule has 82 valence electrons. The Labute approximate surface area is 87.1 Å². The largest absolute Gasteiger partial charge is 0.392 e. The van der Waals surface area contributed by atoms with Crippen LogP contribution in [0.15, 0.2) is 0 Å². The highest BCUT2D eigenvalue weighted by Gasteiger charge is 2.39. The Morgan fingerprint density at radius 1 is 1.07 bits per heavy atom. The zero-order valence-electron chi connectivity index (χ0n) is 9.37. The molecule has 0 amide bonds. The van der Waals surface area contributed by atoms with Crippen molar-refractivity contribution in [3.05, 3.63) is 0 Å². The summed E-state index contributed by atoms with van der Waals surface area (Å²) in [6, 6.07) is 0.834. The molecule has 2 aliphatic carbocycles. The summed E-state index contributed by atoms with van der Waals surface area (Å²) in [6.45, 7) is 4.32. The molecule has 0 unspecified atom stereocenters. The first kappa shape index (κ1) is 10.4. The molecule has 0 bridgehead atoms. The molecule has 0 aromatic rings. The second-order valence-electron chi connectivity index (χ2n) is 5.41. The second kappa shape index (κ2) is 4.19. The van der Waals surface area contributed by atoms with E-state index in [4.69, 9.17) is 0 Å². The van der Waals surface area contributed by atoms with Gasteiger partial charge < -0.3 is 10.4 Å².